The topological polar surface area (TPSA) is 66.9 Å². The molecule has 0 aromatic heterocycles. The van der Waals surface area contributed by atoms with Crippen LogP contribution in [0.25, 0.3) is 0 Å². The van der Waals surface area contributed by atoms with E-state index in [0.29, 0.717) is 19.0 Å². The number of hydrogen-bond donors (Lipinski definition) is 0. The first-order valence-corrected chi connectivity index (χ1v) is 8.59. The van der Waals surface area contributed by atoms with Gasteiger partial charge >= 0.3 is 5.97 Å². The average Bonchev–Trinajstić information content (AvgIpc) is 2.45. The van der Waals surface area contributed by atoms with Crippen molar-refractivity contribution in [1.29, 1.82) is 0 Å². The highest BCUT2D eigenvalue weighted by molar-refractivity contribution is 7.86. The lowest BCUT2D eigenvalue weighted by molar-refractivity contribution is -0.140. The Hall–Kier alpha value is -0.660. The Morgan fingerprint density at radius 3 is 2.45 bits per heavy atom. The normalized spacial score (nSPS) is 18.4. The highest BCUT2D eigenvalue weighted by Gasteiger charge is 2.30. The maximum atomic E-state index is 12.4. The number of methoxy groups -OCH3 is 1. The van der Waals surface area contributed by atoms with Gasteiger partial charge in [0, 0.05) is 26.7 Å². The van der Waals surface area contributed by atoms with E-state index in [1.54, 1.807) is 0 Å². The molecule has 0 atom stereocenters. The lowest BCUT2D eigenvalue weighted by atomic mass is 9.94. The molecule has 6 nitrogen and oxygen atoms in total. The van der Waals surface area contributed by atoms with E-state index in [-0.39, 0.29) is 13.0 Å². The molecular formula is C13H26N2O4S. The lowest BCUT2D eigenvalue weighted by Crippen LogP contribution is -2.46. The quantitative estimate of drug-likeness (QED) is 0.664. The predicted molar refractivity (Wildman–Crippen MR) is 77.4 cm³/mol. The SMILES string of the molecule is CCCC1CCN(S(=O)(=O)N(C)CCC(=O)OC)CC1. The summed E-state index contributed by atoms with van der Waals surface area (Å²) < 4.78 is 32.0. The van der Waals surface area contributed by atoms with Crippen LogP contribution in [0.3, 0.4) is 0 Å². The molecule has 0 unspecified atom stereocenters. The van der Waals surface area contributed by atoms with Crippen LogP contribution in [0.5, 0.6) is 0 Å². The summed E-state index contributed by atoms with van der Waals surface area (Å²) in [5.74, 6) is 0.250. The molecule has 20 heavy (non-hydrogen) atoms. The molecule has 0 N–H and O–H groups in total. The molecule has 1 aliphatic heterocycles. The maximum Gasteiger partial charge on any atom is 0.306 e. The van der Waals surface area contributed by atoms with Crippen molar-refractivity contribution in [1.82, 2.24) is 8.61 Å². The third-order valence-electron chi connectivity index (χ3n) is 3.85. The van der Waals surface area contributed by atoms with Gasteiger partial charge in [0.05, 0.1) is 13.5 Å². The van der Waals surface area contributed by atoms with Gasteiger partial charge in [-0.1, -0.05) is 19.8 Å². The third-order valence-corrected chi connectivity index (χ3v) is 5.84. The van der Waals surface area contributed by atoms with Crippen LogP contribution in [-0.4, -0.2) is 56.8 Å². The third kappa shape index (κ3) is 4.71. The molecule has 0 radical (unpaired) electrons. The van der Waals surface area contributed by atoms with Crippen molar-refractivity contribution < 1.29 is 17.9 Å². The number of nitrogens with zero attached hydrogens (tertiary/aromatic N) is 2. The van der Waals surface area contributed by atoms with Crippen LogP contribution in [0.15, 0.2) is 0 Å². The second-order valence-electron chi connectivity index (χ2n) is 5.29. The van der Waals surface area contributed by atoms with E-state index < -0.39 is 16.2 Å². The summed E-state index contributed by atoms with van der Waals surface area (Å²) in [5, 5.41) is 0. The summed E-state index contributed by atoms with van der Waals surface area (Å²) >= 11 is 0. The summed E-state index contributed by atoms with van der Waals surface area (Å²) in [6.45, 7) is 3.47. The molecule has 1 saturated heterocycles. The van der Waals surface area contributed by atoms with Gasteiger partial charge in [-0.3, -0.25) is 4.79 Å². The summed E-state index contributed by atoms with van der Waals surface area (Å²) in [7, 11) is -0.634. The van der Waals surface area contributed by atoms with Gasteiger partial charge in [-0.2, -0.15) is 17.0 Å². The van der Waals surface area contributed by atoms with Crippen molar-refractivity contribution in [2.75, 3.05) is 33.8 Å². The predicted octanol–water partition coefficient (Wildman–Crippen LogP) is 1.24. The molecule has 118 valence electrons. The van der Waals surface area contributed by atoms with Crippen LogP contribution >= 0.6 is 0 Å². The molecular weight excluding hydrogens is 280 g/mol. The monoisotopic (exact) mass is 306 g/mol. The maximum absolute atomic E-state index is 12.4. The van der Waals surface area contributed by atoms with Gasteiger partial charge in [-0.25, -0.2) is 0 Å². The van der Waals surface area contributed by atoms with Crippen molar-refractivity contribution >= 4 is 16.2 Å². The molecule has 1 aliphatic rings. The Morgan fingerprint density at radius 2 is 1.95 bits per heavy atom. The second kappa shape index (κ2) is 7.95. The first-order valence-electron chi connectivity index (χ1n) is 7.20. The van der Waals surface area contributed by atoms with E-state index in [4.69, 9.17) is 0 Å². The summed E-state index contributed by atoms with van der Waals surface area (Å²) in [4.78, 5) is 11.1. The number of ether oxygens (including phenoxy) is 1. The van der Waals surface area contributed by atoms with Crippen molar-refractivity contribution in [3.63, 3.8) is 0 Å². The van der Waals surface area contributed by atoms with Crippen molar-refractivity contribution in [2.45, 2.75) is 39.0 Å². The highest BCUT2D eigenvalue weighted by Crippen LogP contribution is 2.24. The van der Waals surface area contributed by atoms with Crippen LogP contribution in [0, 0.1) is 5.92 Å². The van der Waals surface area contributed by atoms with Gasteiger partial charge in [0.1, 0.15) is 0 Å². The average molecular weight is 306 g/mol. The van der Waals surface area contributed by atoms with E-state index in [1.807, 2.05) is 0 Å². The first-order chi connectivity index (χ1) is 9.41. The van der Waals surface area contributed by atoms with Gasteiger partial charge in [0.25, 0.3) is 10.2 Å². The Labute approximate surface area is 122 Å². The fraction of sp³-hybridized carbons (Fsp3) is 0.923. The number of carbonyl (C=O) groups excluding carboxylic acids is 1. The lowest BCUT2D eigenvalue weighted by Gasteiger charge is -2.33. The van der Waals surface area contributed by atoms with Crippen LogP contribution in [0.2, 0.25) is 0 Å². The van der Waals surface area contributed by atoms with Gasteiger partial charge in [-0.05, 0) is 18.8 Å². The zero-order valence-corrected chi connectivity index (χ0v) is 13.5. The van der Waals surface area contributed by atoms with E-state index in [1.165, 1.54) is 29.2 Å². The number of rotatable bonds is 7. The minimum Gasteiger partial charge on any atom is -0.469 e. The summed E-state index contributed by atoms with van der Waals surface area (Å²) in [5.41, 5.74) is 0. The minimum atomic E-state index is -3.45. The zero-order valence-electron chi connectivity index (χ0n) is 12.7. The Kier molecular flexibility index (Phi) is 6.91. The second-order valence-corrected chi connectivity index (χ2v) is 7.32. The molecule has 1 heterocycles. The van der Waals surface area contributed by atoms with Crippen molar-refractivity contribution in [2.24, 2.45) is 5.92 Å². The van der Waals surface area contributed by atoms with Crippen molar-refractivity contribution in [3.8, 4) is 0 Å². The van der Waals surface area contributed by atoms with Crippen LogP contribution in [0.1, 0.15) is 39.0 Å². The number of esters is 1. The standard InChI is InChI=1S/C13H26N2O4S/c1-4-5-12-6-10-15(11-7-12)20(17,18)14(2)9-8-13(16)19-3/h12H,4-11H2,1-3H3. The van der Waals surface area contributed by atoms with Gasteiger partial charge in [-0.15, -0.1) is 0 Å². The summed E-state index contributed by atoms with van der Waals surface area (Å²) in [6.07, 6.45) is 4.26. The van der Waals surface area contributed by atoms with Gasteiger partial charge < -0.3 is 4.74 Å². The molecule has 0 saturated carbocycles. The molecule has 0 amide bonds. The van der Waals surface area contributed by atoms with Gasteiger partial charge in [0.2, 0.25) is 0 Å². The Morgan fingerprint density at radius 1 is 1.35 bits per heavy atom. The molecule has 0 aromatic carbocycles. The minimum absolute atomic E-state index is 0.0819. The molecule has 0 bridgehead atoms. The van der Waals surface area contributed by atoms with Crippen LogP contribution < -0.4 is 0 Å². The number of piperidine rings is 1. The fourth-order valence-electron chi connectivity index (χ4n) is 2.50. The largest absolute Gasteiger partial charge is 0.469 e. The molecule has 0 spiro atoms. The smallest absolute Gasteiger partial charge is 0.306 e. The zero-order chi connectivity index (χ0) is 15.2. The highest BCUT2D eigenvalue weighted by atomic mass is 32.2. The van der Waals surface area contributed by atoms with Crippen LogP contribution in [0.4, 0.5) is 0 Å². The van der Waals surface area contributed by atoms with E-state index in [9.17, 15) is 13.2 Å². The molecule has 0 aliphatic carbocycles. The van der Waals surface area contributed by atoms with Crippen molar-refractivity contribution in [3.05, 3.63) is 0 Å². The number of hydrogen-bond acceptors (Lipinski definition) is 4. The molecule has 0 aromatic rings. The Bertz CT molecular complexity index is 403. The Balaban J connectivity index is 2.50. The molecule has 1 rings (SSSR count). The number of carbonyl (C=O) groups is 1. The fourth-order valence-corrected chi connectivity index (χ4v) is 3.89. The first kappa shape index (κ1) is 17.4. The van der Waals surface area contributed by atoms with Crippen LogP contribution in [-0.2, 0) is 19.7 Å². The van der Waals surface area contributed by atoms with Gasteiger partial charge in [0.15, 0.2) is 0 Å². The van der Waals surface area contributed by atoms with E-state index in [0.717, 1.165) is 19.3 Å². The van der Waals surface area contributed by atoms with E-state index in [2.05, 4.69) is 11.7 Å². The van der Waals surface area contributed by atoms with E-state index >= 15 is 0 Å². The molecule has 7 heteroatoms. The molecule has 1 fully saturated rings. The summed E-state index contributed by atoms with van der Waals surface area (Å²) in [6, 6.07) is 0.